The molecule has 28 heavy (non-hydrogen) atoms. The quantitative estimate of drug-likeness (QED) is 0.485. The fourth-order valence-electron chi connectivity index (χ4n) is 3.58. The number of ether oxygens (including phenoxy) is 1. The number of methoxy groups -OCH3 is 1. The normalized spacial score (nSPS) is 13.1. The Balaban J connectivity index is 2.01. The summed E-state index contributed by atoms with van der Waals surface area (Å²) in [5.41, 5.74) is 3.56. The molecule has 0 aliphatic heterocycles. The Morgan fingerprint density at radius 3 is 1.86 bits per heavy atom. The van der Waals surface area contributed by atoms with E-state index < -0.39 is 0 Å². The van der Waals surface area contributed by atoms with Crippen LogP contribution in [-0.4, -0.2) is 18.0 Å². The van der Waals surface area contributed by atoms with E-state index in [0.717, 1.165) is 12.1 Å². The number of nitrogens with zero attached hydrogens (tertiary/aromatic N) is 1. The highest BCUT2D eigenvalue weighted by atomic mass is 16.5. The number of rotatable bonds is 8. The molecule has 0 saturated carbocycles. The van der Waals surface area contributed by atoms with Gasteiger partial charge >= 0.3 is 5.97 Å². The molecule has 0 fully saturated rings. The van der Waals surface area contributed by atoms with Gasteiger partial charge in [-0.15, -0.1) is 0 Å². The highest BCUT2D eigenvalue weighted by Crippen LogP contribution is 2.34. The zero-order chi connectivity index (χ0) is 19.8. The Morgan fingerprint density at radius 2 is 1.32 bits per heavy atom. The van der Waals surface area contributed by atoms with Gasteiger partial charge in [-0.25, -0.2) is 0 Å². The standard InChI is InChI=1S/C25H27NO2/c1-20(22-14-8-4-9-15-22)26(19-21-12-6-3-7-13-21)24(18-25(27)28-2)23-16-10-5-11-17-23/h3-17,20,24H,18-19H2,1-2H3. The first-order chi connectivity index (χ1) is 13.7. The van der Waals surface area contributed by atoms with Crippen LogP contribution >= 0.6 is 0 Å². The molecular formula is C25H27NO2. The van der Waals surface area contributed by atoms with E-state index in [9.17, 15) is 4.79 Å². The van der Waals surface area contributed by atoms with Crippen molar-refractivity contribution in [2.45, 2.75) is 32.0 Å². The molecule has 0 aliphatic rings. The van der Waals surface area contributed by atoms with Crippen LogP contribution in [0.4, 0.5) is 0 Å². The lowest BCUT2D eigenvalue weighted by Crippen LogP contribution is -2.33. The maximum atomic E-state index is 12.3. The van der Waals surface area contributed by atoms with E-state index in [1.807, 2.05) is 30.3 Å². The summed E-state index contributed by atoms with van der Waals surface area (Å²) in [6.07, 6.45) is 0.310. The van der Waals surface area contributed by atoms with Gasteiger partial charge in [-0.05, 0) is 23.6 Å². The lowest BCUT2D eigenvalue weighted by atomic mass is 9.96. The Hall–Kier alpha value is -2.91. The summed E-state index contributed by atoms with van der Waals surface area (Å²) in [6.45, 7) is 2.94. The monoisotopic (exact) mass is 373 g/mol. The van der Waals surface area contributed by atoms with Gasteiger partial charge in [0.2, 0.25) is 0 Å². The molecule has 2 atom stereocenters. The molecular weight excluding hydrogens is 346 g/mol. The summed E-state index contributed by atoms with van der Waals surface area (Å²) in [6, 6.07) is 31.1. The number of benzene rings is 3. The van der Waals surface area contributed by atoms with E-state index in [1.165, 1.54) is 18.2 Å². The van der Waals surface area contributed by atoms with Crippen LogP contribution in [0.5, 0.6) is 0 Å². The molecule has 0 heterocycles. The van der Waals surface area contributed by atoms with Gasteiger partial charge in [-0.1, -0.05) is 91.0 Å². The smallest absolute Gasteiger partial charge is 0.307 e. The zero-order valence-corrected chi connectivity index (χ0v) is 16.5. The minimum absolute atomic E-state index is 0.0796. The van der Waals surface area contributed by atoms with Crippen molar-refractivity contribution < 1.29 is 9.53 Å². The van der Waals surface area contributed by atoms with Crippen molar-refractivity contribution in [2.24, 2.45) is 0 Å². The summed E-state index contributed by atoms with van der Waals surface area (Å²) < 4.78 is 5.02. The van der Waals surface area contributed by atoms with E-state index in [1.54, 1.807) is 0 Å². The topological polar surface area (TPSA) is 29.5 Å². The molecule has 3 heteroatoms. The van der Waals surface area contributed by atoms with Gasteiger partial charge in [0, 0.05) is 18.6 Å². The molecule has 3 aromatic rings. The molecule has 3 rings (SSSR count). The zero-order valence-electron chi connectivity index (χ0n) is 16.5. The van der Waals surface area contributed by atoms with E-state index in [-0.39, 0.29) is 18.1 Å². The van der Waals surface area contributed by atoms with Gasteiger partial charge in [0.05, 0.1) is 13.5 Å². The molecule has 0 amide bonds. The van der Waals surface area contributed by atoms with Crippen molar-refractivity contribution in [1.82, 2.24) is 4.90 Å². The minimum atomic E-state index is -0.202. The fraction of sp³-hybridized carbons (Fsp3) is 0.240. The molecule has 2 unspecified atom stereocenters. The SMILES string of the molecule is COC(=O)CC(c1ccccc1)N(Cc1ccccc1)C(C)c1ccccc1. The fourth-order valence-corrected chi connectivity index (χ4v) is 3.58. The van der Waals surface area contributed by atoms with Gasteiger partial charge in [-0.2, -0.15) is 0 Å². The molecule has 0 aromatic heterocycles. The highest BCUT2D eigenvalue weighted by Gasteiger charge is 2.28. The van der Waals surface area contributed by atoms with Crippen molar-refractivity contribution in [1.29, 1.82) is 0 Å². The van der Waals surface area contributed by atoms with Crippen LogP contribution < -0.4 is 0 Å². The molecule has 0 aliphatic carbocycles. The molecule has 144 valence electrons. The Kier molecular flexibility index (Phi) is 6.99. The molecule has 0 N–H and O–H groups in total. The Morgan fingerprint density at radius 1 is 0.821 bits per heavy atom. The largest absolute Gasteiger partial charge is 0.469 e. The van der Waals surface area contributed by atoms with Crippen LogP contribution in [0, 0.1) is 0 Å². The van der Waals surface area contributed by atoms with E-state index in [0.29, 0.717) is 6.42 Å². The van der Waals surface area contributed by atoms with Gasteiger partial charge in [0.25, 0.3) is 0 Å². The van der Waals surface area contributed by atoms with Crippen LogP contribution in [0.3, 0.4) is 0 Å². The first kappa shape index (κ1) is 19.8. The summed E-state index contributed by atoms with van der Waals surface area (Å²) in [5, 5.41) is 0. The first-order valence-electron chi connectivity index (χ1n) is 9.65. The first-order valence-corrected chi connectivity index (χ1v) is 9.65. The predicted molar refractivity (Wildman–Crippen MR) is 113 cm³/mol. The summed E-state index contributed by atoms with van der Waals surface area (Å²) >= 11 is 0. The van der Waals surface area contributed by atoms with Crippen LogP contribution in [0.25, 0.3) is 0 Å². The second kappa shape index (κ2) is 9.86. The number of hydrogen-bond donors (Lipinski definition) is 0. The molecule has 0 saturated heterocycles. The summed E-state index contributed by atoms with van der Waals surface area (Å²) in [4.78, 5) is 14.6. The third-order valence-electron chi connectivity index (χ3n) is 5.16. The van der Waals surface area contributed by atoms with Gasteiger partial charge < -0.3 is 4.74 Å². The molecule has 3 nitrogen and oxygen atoms in total. The maximum Gasteiger partial charge on any atom is 0.307 e. The van der Waals surface area contributed by atoms with Crippen LogP contribution in [-0.2, 0) is 16.1 Å². The van der Waals surface area contributed by atoms with Crippen molar-refractivity contribution >= 4 is 5.97 Å². The van der Waals surface area contributed by atoms with Crippen molar-refractivity contribution in [3.05, 3.63) is 108 Å². The number of esters is 1. The van der Waals surface area contributed by atoms with Crippen LogP contribution in [0.15, 0.2) is 91.0 Å². The molecule has 0 bridgehead atoms. The van der Waals surface area contributed by atoms with Crippen LogP contribution in [0.1, 0.15) is 42.1 Å². The third-order valence-corrected chi connectivity index (χ3v) is 5.16. The molecule has 3 aromatic carbocycles. The van der Waals surface area contributed by atoms with Crippen LogP contribution in [0.2, 0.25) is 0 Å². The average Bonchev–Trinajstić information content (AvgIpc) is 2.77. The maximum absolute atomic E-state index is 12.3. The molecule has 0 radical (unpaired) electrons. The number of hydrogen-bond acceptors (Lipinski definition) is 3. The van der Waals surface area contributed by atoms with Crippen molar-refractivity contribution in [3.8, 4) is 0 Å². The number of carbonyl (C=O) groups excluding carboxylic acids is 1. The Labute approximate surface area is 167 Å². The average molecular weight is 373 g/mol. The van der Waals surface area contributed by atoms with Gasteiger partial charge in [0.15, 0.2) is 0 Å². The lowest BCUT2D eigenvalue weighted by molar-refractivity contribution is -0.142. The van der Waals surface area contributed by atoms with Crippen molar-refractivity contribution in [3.63, 3.8) is 0 Å². The molecule has 0 spiro atoms. The van der Waals surface area contributed by atoms with E-state index >= 15 is 0 Å². The summed E-state index contributed by atoms with van der Waals surface area (Å²) in [7, 11) is 1.45. The van der Waals surface area contributed by atoms with Gasteiger partial charge in [0.1, 0.15) is 0 Å². The second-order valence-electron chi connectivity index (χ2n) is 6.95. The summed E-state index contributed by atoms with van der Waals surface area (Å²) in [5.74, 6) is -0.202. The minimum Gasteiger partial charge on any atom is -0.469 e. The predicted octanol–water partition coefficient (Wildman–Crippen LogP) is 5.55. The third kappa shape index (κ3) is 5.08. The lowest BCUT2D eigenvalue weighted by Gasteiger charge is -2.37. The Bertz CT molecular complexity index is 849. The van der Waals surface area contributed by atoms with E-state index in [4.69, 9.17) is 4.74 Å². The van der Waals surface area contributed by atoms with Gasteiger partial charge in [-0.3, -0.25) is 9.69 Å². The number of carbonyl (C=O) groups is 1. The highest BCUT2D eigenvalue weighted by molar-refractivity contribution is 5.70. The second-order valence-corrected chi connectivity index (χ2v) is 6.95. The van der Waals surface area contributed by atoms with E-state index in [2.05, 4.69) is 72.5 Å². The van der Waals surface area contributed by atoms with Crippen molar-refractivity contribution in [2.75, 3.05) is 7.11 Å².